The summed E-state index contributed by atoms with van der Waals surface area (Å²) in [6.07, 6.45) is 3.28. The number of hydrogen-bond donors (Lipinski definition) is 0. The predicted molar refractivity (Wildman–Crippen MR) is 121 cm³/mol. The molecule has 1 aromatic carbocycles. The van der Waals surface area contributed by atoms with Crippen molar-refractivity contribution in [3.8, 4) is 22.3 Å². The highest BCUT2D eigenvalue weighted by Crippen LogP contribution is 2.26. The summed E-state index contributed by atoms with van der Waals surface area (Å²) >= 11 is 1.57. The lowest BCUT2D eigenvalue weighted by Crippen LogP contribution is -2.49. The van der Waals surface area contributed by atoms with E-state index < -0.39 is 0 Å². The summed E-state index contributed by atoms with van der Waals surface area (Å²) in [5.74, 6) is 1.90. The van der Waals surface area contributed by atoms with E-state index in [1.54, 1.807) is 40.4 Å². The van der Waals surface area contributed by atoms with Crippen LogP contribution in [0.15, 0.2) is 60.2 Å². The lowest BCUT2D eigenvalue weighted by Gasteiger charge is -2.34. The molecule has 1 amide bonds. The molecule has 10 heteroatoms. The highest BCUT2D eigenvalue weighted by Gasteiger charge is 2.27. The van der Waals surface area contributed by atoms with Gasteiger partial charge in [-0.1, -0.05) is 24.3 Å². The first kappa shape index (κ1) is 20.1. The van der Waals surface area contributed by atoms with Crippen molar-refractivity contribution in [2.45, 2.75) is 0 Å². The van der Waals surface area contributed by atoms with Gasteiger partial charge in [-0.25, -0.2) is 9.67 Å². The first-order chi connectivity index (χ1) is 15.7. The van der Waals surface area contributed by atoms with Crippen molar-refractivity contribution in [3.63, 3.8) is 0 Å². The third-order valence-corrected chi connectivity index (χ3v) is 6.11. The second-order valence-corrected chi connectivity index (χ2v) is 8.13. The Kier molecular flexibility index (Phi) is 5.51. The molecule has 1 aliphatic heterocycles. The van der Waals surface area contributed by atoms with Crippen LogP contribution in [0.3, 0.4) is 0 Å². The zero-order valence-corrected chi connectivity index (χ0v) is 18.3. The normalized spacial score (nSPS) is 13.9. The van der Waals surface area contributed by atoms with Crippen LogP contribution >= 0.6 is 11.3 Å². The van der Waals surface area contributed by atoms with E-state index in [-0.39, 0.29) is 11.7 Å². The number of amides is 1. The SMILES string of the molecule is COc1cncc(N2CCN(C(=O)c3nc(-c4cccs4)n(-c4ccccc4)n3)CC2)n1. The van der Waals surface area contributed by atoms with Crippen molar-refractivity contribution in [2.24, 2.45) is 0 Å². The third kappa shape index (κ3) is 3.92. The zero-order chi connectivity index (χ0) is 21.9. The summed E-state index contributed by atoms with van der Waals surface area (Å²) in [6.45, 7) is 2.38. The van der Waals surface area contributed by atoms with E-state index in [1.165, 1.54) is 0 Å². The van der Waals surface area contributed by atoms with Gasteiger partial charge in [0.25, 0.3) is 5.91 Å². The molecule has 1 aliphatic rings. The van der Waals surface area contributed by atoms with Crippen LogP contribution in [0.25, 0.3) is 16.4 Å². The van der Waals surface area contributed by atoms with Crippen molar-refractivity contribution in [2.75, 3.05) is 38.2 Å². The quantitative estimate of drug-likeness (QED) is 0.465. The van der Waals surface area contributed by atoms with Gasteiger partial charge in [0.1, 0.15) is 0 Å². The number of para-hydroxylation sites is 1. The summed E-state index contributed by atoms with van der Waals surface area (Å²) in [7, 11) is 1.57. The van der Waals surface area contributed by atoms with Crippen LogP contribution < -0.4 is 9.64 Å². The average molecular weight is 448 g/mol. The number of benzene rings is 1. The predicted octanol–water partition coefficient (Wildman–Crippen LogP) is 2.76. The number of anilines is 1. The molecule has 5 rings (SSSR count). The molecule has 0 radical (unpaired) electrons. The molecule has 0 N–H and O–H groups in total. The first-order valence-corrected chi connectivity index (χ1v) is 11.1. The molecule has 1 fully saturated rings. The van der Waals surface area contributed by atoms with E-state index >= 15 is 0 Å². The molecule has 4 aromatic rings. The van der Waals surface area contributed by atoms with Crippen molar-refractivity contribution < 1.29 is 9.53 Å². The Morgan fingerprint density at radius 3 is 2.53 bits per heavy atom. The zero-order valence-electron chi connectivity index (χ0n) is 17.5. The Labute approximate surface area is 188 Å². The molecule has 9 nitrogen and oxygen atoms in total. The van der Waals surface area contributed by atoms with Gasteiger partial charge in [0.15, 0.2) is 11.6 Å². The molecule has 162 valence electrons. The fourth-order valence-corrected chi connectivity index (χ4v) is 4.28. The number of aromatic nitrogens is 5. The Hall–Kier alpha value is -3.79. The van der Waals surface area contributed by atoms with Gasteiger partial charge >= 0.3 is 0 Å². The molecule has 0 spiro atoms. The lowest BCUT2D eigenvalue weighted by molar-refractivity contribution is 0.0734. The number of nitrogens with zero attached hydrogens (tertiary/aromatic N) is 7. The summed E-state index contributed by atoms with van der Waals surface area (Å²) < 4.78 is 6.90. The maximum absolute atomic E-state index is 13.2. The maximum atomic E-state index is 13.2. The van der Waals surface area contributed by atoms with Gasteiger partial charge in [-0.05, 0) is 23.6 Å². The van der Waals surface area contributed by atoms with E-state index in [0.29, 0.717) is 37.9 Å². The fraction of sp³-hybridized carbons (Fsp3) is 0.227. The number of thiophene rings is 1. The van der Waals surface area contributed by atoms with Gasteiger partial charge in [-0.15, -0.1) is 16.4 Å². The van der Waals surface area contributed by atoms with Gasteiger partial charge in [0, 0.05) is 26.2 Å². The van der Waals surface area contributed by atoms with Gasteiger partial charge in [0.2, 0.25) is 11.7 Å². The van der Waals surface area contributed by atoms with E-state index in [1.807, 2.05) is 47.8 Å². The molecule has 0 saturated carbocycles. The minimum Gasteiger partial charge on any atom is -0.480 e. The van der Waals surface area contributed by atoms with Crippen LogP contribution in [0.5, 0.6) is 5.88 Å². The van der Waals surface area contributed by atoms with Crippen molar-refractivity contribution >= 4 is 23.1 Å². The minimum atomic E-state index is -0.172. The number of rotatable bonds is 5. The molecule has 4 heterocycles. The largest absolute Gasteiger partial charge is 0.480 e. The maximum Gasteiger partial charge on any atom is 0.293 e. The van der Waals surface area contributed by atoms with Crippen LogP contribution in [0.4, 0.5) is 5.82 Å². The second-order valence-electron chi connectivity index (χ2n) is 7.18. The third-order valence-electron chi connectivity index (χ3n) is 5.24. The Morgan fingerprint density at radius 1 is 1.00 bits per heavy atom. The number of ether oxygens (including phenoxy) is 1. The van der Waals surface area contributed by atoms with Crippen molar-refractivity contribution in [3.05, 3.63) is 66.1 Å². The Morgan fingerprint density at radius 2 is 1.81 bits per heavy atom. The summed E-state index contributed by atoms with van der Waals surface area (Å²) in [4.78, 5) is 31.3. The van der Waals surface area contributed by atoms with E-state index in [0.717, 1.165) is 16.4 Å². The molecular formula is C22H21N7O2S. The molecule has 32 heavy (non-hydrogen) atoms. The molecule has 0 aliphatic carbocycles. The van der Waals surface area contributed by atoms with Gasteiger partial charge < -0.3 is 14.5 Å². The minimum absolute atomic E-state index is 0.172. The number of methoxy groups -OCH3 is 1. The molecule has 0 unspecified atom stereocenters. The summed E-state index contributed by atoms with van der Waals surface area (Å²) in [5, 5.41) is 6.57. The number of carbonyl (C=O) groups is 1. The first-order valence-electron chi connectivity index (χ1n) is 10.2. The topological polar surface area (TPSA) is 89.3 Å². The average Bonchev–Trinajstić information content (AvgIpc) is 3.54. The van der Waals surface area contributed by atoms with Crippen LogP contribution in [-0.4, -0.2) is 68.8 Å². The van der Waals surface area contributed by atoms with Crippen molar-refractivity contribution in [1.82, 2.24) is 29.6 Å². The molecule has 0 bridgehead atoms. The summed E-state index contributed by atoms with van der Waals surface area (Å²) in [6, 6.07) is 13.7. The van der Waals surface area contributed by atoms with Crippen LogP contribution in [-0.2, 0) is 0 Å². The van der Waals surface area contributed by atoms with Crippen LogP contribution in [0.2, 0.25) is 0 Å². The molecule has 3 aromatic heterocycles. The lowest BCUT2D eigenvalue weighted by atomic mass is 10.3. The summed E-state index contributed by atoms with van der Waals surface area (Å²) in [5.41, 5.74) is 0.865. The number of carbonyl (C=O) groups excluding carboxylic acids is 1. The second kappa shape index (κ2) is 8.75. The Balaban J connectivity index is 1.36. The van der Waals surface area contributed by atoms with Gasteiger partial charge in [-0.2, -0.15) is 4.98 Å². The highest BCUT2D eigenvalue weighted by molar-refractivity contribution is 7.13. The standard InChI is InChI=1S/C22H21N7O2S/c1-31-19-15-23-14-18(24-19)27-9-11-28(12-10-27)22(30)20-25-21(17-8-5-13-32-17)29(26-20)16-6-3-2-4-7-16/h2-8,13-15H,9-12H2,1H3. The number of piperazine rings is 1. The van der Waals surface area contributed by atoms with Crippen LogP contribution in [0, 0.1) is 0 Å². The molecule has 1 saturated heterocycles. The highest BCUT2D eigenvalue weighted by atomic mass is 32.1. The van der Waals surface area contributed by atoms with E-state index in [2.05, 4.69) is 25.0 Å². The van der Waals surface area contributed by atoms with E-state index in [9.17, 15) is 4.79 Å². The van der Waals surface area contributed by atoms with E-state index in [4.69, 9.17) is 4.74 Å². The monoisotopic (exact) mass is 447 g/mol. The molecular weight excluding hydrogens is 426 g/mol. The van der Waals surface area contributed by atoms with Gasteiger partial charge in [-0.3, -0.25) is 9.78 Å². The van der Waals surface area contributed by atoms with Crippen LogP contribution in [0.1, 0.15) is 10.6 Å². The Bertz CT molecular complexity index is 1200. The molecule has 0 atom stereocenters. The smallest absolute Gasteiger partial charge is 0.293 e. The van der Waals surface area contributed by atoms with Crippen molar-refractivity contribution in [1.29, 1.82) is 0 Å². The fourth-order valence-electron chi connectivity index (χ4n) is 3.59. The number of hydrogen-bond acceptors (Lipinski definition) is 8. The van der Waals surface area contributed by atoms with Gasteiger partial charge in [0.05, 0.1) is 30.1 Å².